The average Bonchev–Trinajstić information content (AvgIpc) is 3.12. The highest BCUT2D eigenvalue weighted by molar-refractivity contribution is 5.83. The molecule has 2 aliphatic heterocycles. The van der Waals surface area contributed by atoms with Crippen LogP contribution in [-0.4, -0.2) is 90.8 Å². The molecule has 2 saturated heterocycles. The zero-order chi connectivity index (χ0) is 15.4. The van der Waals surface area contributed by atoms with Crippen molar-refractivity contribution in [1.29, 1.82) is 0 Å². The Morgan fingerprint density at radius 1 is 1.33 bits per heavy atom. The van der Waals surface area contributed by atoms with Crippen LogP contribution >= 0.6 is 0 Å². The second-order valence-corrected chi connectivity index (χ2v) is 5.85. The number of rotatable bonds is 5. The van der Waals surface area contributed by atoms with Crippen LogP contribution in [0.3, 0.4) is 0 Å². The van der Waals surface area contributed by atoms with Crippen molar-refractivity contribution in [3.63, 3.8) is 0 Å². The summed E-state index contributed by atoms with van der Waals surface area (Å²) in [6.45, 7) is 4.01. The molecule has 2 atom stereocenters. The van der Waals surface area contributed by atoms with Gasteiger partial charge < -0.3 is 24.5 Å². The standard InChI is InChI=1S/C14H25N3O4/c1-15(7-8-16-5-3-4-6-16)14(20)17-10-11(21-2)9-12(17)13(18)19/h11-12H,3-10H2,1-2H3,(H,18,19). The van der Waals surface area contributed by atoms with Gasteiger partial charge in [-0.1, -0.05) is 0 Å². The maximum Gasteiger partial charge on any atom is 0.326 e. The number of carboxylic acid groups (broad SMARTS) is 1. The molecule has 1 N–H and O–H groups in total. The van der Waals surface area contributed by atoms with E-state index in [9.17, 15) is 14.7 Å². The number of carbonyl (C=O) groups excluding carboxylic acids is 1. The van der Waals surface area contributed by atoms with Crippen LogP contribution in [0.4, 0.5) is 4.79 Å². The fourth-order valence-electron chi connectivity index (χ4n) is 3.03. The Morgan fingerprint density at radius 3 is 2.57 bits per heavy atom. The van der Waals surface area contributed by atoms with E-state index in [-0.39, 0.29) is 12.1 Å². The first kappa shape index (κ1) is 16.0. The third-order valence-corrected chi connectivity index (χ3v) is 4.40. The number of likely N-dealkylation sites (tertiary alicyclic amines) is 2. The lowest BCUT2D eigenvalue weighted by molar-refractivity contribution is -0.141. The smallest absolute Gasteiger partial charge is 0.326 e. The molecule has 2 amide bonds. The molecule has 2 rings (SSSR count). The predicted molar refractivity (Wildman–Crippen MR) is 77.2 cm³/mol. The first-order valence-electron chi connectivity index (χ1n) is 7.52. The molecular weight excluding hydrogens is 274 g/mol. The Labute approximate surface area is 125 Å². The van der Waals surface area contributed by atoms with Gasteiger partial charge >= 0.3 is 12.0 Å². The molecule has 0 aliphatic carbocycles. The van der Waals surface area contributed by atoms with Gasteiger partial charge in [0, 0.05) is 40.2 Å². The van der Waals surface area contributed by atoms with Crippen molar-refractivity contribution in [2.75, 3.05) is 46.9 Å². The molecule has 0 aromatic heterocycles. The fourth-order valence-corrected chi connectivity index (χ4v) is 3.03. The SMILES string of the molecule is COC1CC(C(=O)O)N(C(=O)N(C)CCN2CCCC2)C1. The Bertz CT molecular complexity index is 384. The minimum Gasteiger partial charge on any atom is -0.480 e. The van der Waals surface area contributed by atoms with Crippen LogP contribution in [0.15, 0.2) is 0 Å². The monoisotopic (exact) mass is 299 g/mol. The van der Waals surface area contributed by atoms with E-state index < -0.39 is 12.0 Å². The van der Waals surface area contributed by atoms with Gasteiger partial charge in [-0.3, -0.25) is 0 Å². The quantitative estimate of drug-likeness (QED) is 0.791. The highest BCUT2D eigenvalue weighted by Gasteiger charge is 2.40. The lowest BCUT2D eigenvalue weighted by Crippen LogP contribution is -2.48. The molecule has 0 aromatic carbocycles. The topological polar surface area (TPSA) is 73.3 Å². The number of carbonyl (C=O) groups is 2. The van der Waals surface area contributed by atoms with Crippen molar-refractivity contribution in [3.8, 4) is 0 Å². The fraction of sp³-hybridized carbons (Fsp3) is 0.857. The van der Waals surface area contributed by atoms with Gasteiger partial charge in [0.1, 0.15) is 6.04 Å². The van der Waals surface area contributed by atoms with Gasteiger partial charge in [0.15, 0.2) is 0 Å². The summed E-state index contributed by atoms with van der Waals surface area (Å²) < 4.78 is 5.21. The van der Waals surface area contributed by atoms with Crippen LogP contribution < -0.4 is 0 Å². The highest BCUT2D eigenvalue weighted by Crippen LogP contribution is 2.21. The summed E-state index contributed by atoms with van der Waals surface area (Å²) >= 11 is 0. The van der Waals surface area contributed by atoms with E-state index >= 15 is 0 Å². The molecule has 21 heavy (non-hydrogen) atoms. The minimum absolute atomic E-state index is 0.193. The molecule has 120 valence electrons. The zero-order valence-corrected chi connectivity index (χ0v) is 12.8. The molecule has 0 aromatic rings. The Hall–Kier alpha value is -1.34. The number of carboxylic acids is 1. The first-order valence-corrected chi connectivity index (χ1v) is 7.52. The van der Waals surface area contributed by atoms with Crippen LogP contribution in [0, 0.1) is 0 Å². The molecule has 0 radical (unpaired) electrons. The average molecular weight is 299 g/mol. The van der Waals surface area contributed by atoms with Crippen LogP contribution in [0.1, 0.15) is 19.3 Å². The van der Waals surface area contributed by atoms with E-state index in [1.807, 2.05) is 0 Å². The van der Waals surface area contributed by atoms with Crippen molar-refractivity contribution in [3.05, 3.63) is 0 Å². The molecule has 7 nitrogen and oxygen atoms in total. The first-order chi connectivity index (χ1) is 10.0. The van der Waals surface area contributed by atoms with E-state index in [2.05, 4.69) is 4.90 Å². The molecule has 0 saturated carbocycles. The van der Waals surface area contributed by atoms with Crippen molar-refractivity contribution >= 4 is 12.0 Å². The highest BCUT2D eigenvalue weighted by atomic mass is 16.5. The largest absolute Gasteiger partial charge is 0.480 e. The number of amides is 2. The van der Waals surface area contributed by atoms with Gasteiger partial charge in [0.2, 0.25) is 0 Å². The molecule has 0 spiro atoms. The van der Waals surface area contributed by atoms with Crippen molar-refractivity contribution in [1.82, 2.24) is 14.7 Å². The molecule has 2 fully saturated rings. The van der Waals surface area contributed by atoms with Gasteiger partial charge in [-0.15, -0.1) is 0 Å². The van der Waals surface area contributed by atoms with Gasteiger partial charge in [0.05, 0.1) is 6.10 Å². The van der Waals surface area contributed by atoms with E-state index in [0.717, 1.165) is 19.6 Å². The number of methoxy groups -OCH3 is 1. The van der Waals surface area contributed by atoms with Crippen molar-refractivity contribution < 1.29 is 19.4 Å². The normalized spacial score (nSPS) is 26.3. The molecular formula is C14H25N3O4. The summed E-state index contributed by atoms with van der Waals surface area (Å²) in [6, 6.07) is -1.00. The molecule has 2 heterocycles. The third kappa shape index (κ3) is 3.85. The lowest BCUT2D eigenvalue weighted by atomic mass is 10.2. The maximum atomic E-state index is 12.4. The Balaban J connectivity index is 1.88. The van der Waals surface area contributed by atoms with Gasteiger partial charge in [-0.25, -0.2) is 9.59 Å². The summed E-state index contributed by atoms with van der Waals surface area (Å²) in [4.78, 5) is 29.1. The summed E-state index contributed by atoms with van der Waals surface area (Å²) in [5, 5.41) is 9.25. The maximum absolute atomic E-state index is 12.4. The van der Waals surface area contributed by atoms with Crippen molar-refractivity contribution in [2.24, 2.45) is 0 Å². The van der Waals surface area contributed by atoms with E-state index in [1.165, 1.54) is 17.7 Å². The number of nitrogens with zero attached hydrogens (tertiary/aromatic N) is 3. The number of likely N-dealkylation sites (N-methyl/N-ethyl adjacent to an activating group) is 1. The molecule has 7 heteroatoms. The van der Waals surface area contributed by atoms with Crippen LogP contribution in [0.25, 0.3) is 0 Å². The summed E-state index contributed by atoms with van der Waals surface area (Å²) in [6.07, 6.45) is 2.61. The number of hydrogen-bond acceptors (Lipinski definition) is 4. The van der Waals surface area contributed by atoms with Crippen LogP contribution in [0.2, 0.25) is 0 Å². The second kappa shape index (κ2) is 7.09. The van der Waals surface area contributed by atoms with Crippen LogP contribution in [0.5, 0.6) is 0 Å². The summed E-state index contributed by atoms with van der Waals surface area (Å²) in [5.74, 6) is -0.962. The Kier molecular flexibility index (Phi) is 5.41. The number of aliphatic carboxylic acids is 1. The number of urea groups is 1. The Morgan fingerprint density at radius 2 is 2.00 bits per heavy atom. The number of hydrogen-bond donors (Lipinski definition) is 1. The van der Waals surface area contributed by atoms with Crippen LogP contribution in [-0.2, 0) is 9.53 Å². The zero-order valence-electron chi connectivity index (χ0n) is 12.8. The molecule has 2 aliphatic rings. The summed E-state index contributed by atoms with van der Waals surface area (Å²) in [5.41, 5.74) is 0. The third-order valence-electron chi connectivity index (χ3n) is 4.40. The minimum atomic E-state index is -0.962. The van der Waals surface area contributed by atoms with Gasteiger partial charge in [0.25, 0.3) is 0 Å². The van der Waals surface area contributed by atoms with Gasteiger partial charge in [-0.05, 0) is 25.9 Å². The van der Waals surface area contributed by atoms with Gasteiger partial charge in [-0.2, -0.15) is 0 Å². The second-order valence-electron chi connectivity index (χ2n) is 5.85. The predicted octanol–water partition coefficient (Wildman–Crippen LogP) is 0.308. The number of ether oxygens (including phenoxy) is 1. The van der Waals surface area contributed by atoms with Crippen molar-refractivity contribution in [2.45, 2.75) is 31.4 Å². The van der Waals surface area contributed by atoms with E-state index in [1.54, 1.807) is 19.1 Å². The van der Waals surface area contributed by atoms with E-state index in [4.69, 9.17) is 4.74 Å². The molecule has 0 bridgehead atoms. The summed E-state index contributed by atoms with van der Waals surface area (Å²) in [7, 11) is 3.28. The lowest BCUT2D eigenvalue weighted by Gasteiger charge is -2.28. The van der Waals surface area contributed by atoms with E-state index in [0.29, 0.717) is 19.5 Å². The molecule has 2 unspecified atom stereocenters.